The molecular formula is C19H23N3O4S. The predicted octanol–water partition coefficient (Wildman–Crippen LogP) is 2.58. The lowest BCUT2D eigenvalue weighted by Gasteiger charge is -2.37. The molecule has 0 spiro atoms. The van der Waals surface area contributed by atoms with Gasteiger partial charge in [0.15, 0.2) is 0 Å². The number of likely N-dealkylation sites (N-methyl/N-ethyl adjacent to an activating group) is 1. The van der Waals surface area contributed by atoms with E-state index < -0.39 is 10.0 Å². The summed E-state index contributed by atoms with van der Waals surface area (Å²) >= 11 is 0. The summed E-state index contributed by atoms with van der Waals surface area (Å²) in [6.07, 6.45) is 0.720. The number of nitrogens with zero attached hydrogens (tertiary/aromatic N) is 3. The van der Waals surface area contributed by atoms with Gasteiger partial charge in [0.2, 0.25) is 0 Å². The number of rotatable bonds is 3. The monoisotopic (exact) mass is 389 g/mol. The Morgan fingerprint density at radius 2 is 1.89 bits per heavy atom. The van der Waals surface area contributed by atoms with E-state index in [-0.39, 0.29) is 27.8 Å². The highest BCUT2D eigenvalue weighted by molar-refractivity contribution is 7.93. The normalized spacial score (nSPS) is 22.4. The molecule has 0 bridgehead atoms. The van der Waals surface area contributed by atoms with E-state index in [0.717, 1.165) is 30.6 Å². The Hall–Kier alpha value is -2.13. The van der Waals surface area contributed by atoms with Gasteiger partial charge in [-0.05, 0) is 50.7 Å². The third-order valence-electron chi connectivity index (χ3n) is 5.52. The van der Waals surface area contributed by atoms with E-state index >= 15 is 0 Å². The topological polar surface area (TPSA) is 84.3 Å². The maximum absolute atomic E-state index is 13.6. The maximum atomic E-state index is 13.6. The summed E-state index contributed by atoms with van der Waals surface area (Å²) < 4.78 is 28.7. The third-order valence-corrected chi connectivity index (χ3v) is 7.40. The van der Waals surface area contributed by atoms with E-state index in [4.69, 9.17) is 0 Å². The summed E-state index contributed by atoms with van der Waals surface area (Å²) in [5, 5.41) is 18.9. The molecule has 1 saturated heterocycles. The number of aryl methyl sites for hydroxylation is 1. The van der Waals surface area contributed by atoms with Crippen LogP contribution in [0.1, 0.15) is 23.5 Å². The molecule has 0 saturated carbocycles. The van der Waals surface area contributed by atoms with Crippen LogP contribution in [0.2, 0.25) is 0 Å². The van der Waals surface area contributed by atoms with Crippen LogP contribution in [0.15, 0.2) is 47.4 Å². The molecular weight excluding hydrogens is 366 g/mol. The molecule has 0 aromatic heterocycles. The number of sulfonamides is 1. The molecule has 2 N–H and O–H groups in total. The zero-order valence-corrected chi connectivity index (χ0v) is 16.1. The zero-order valence-electron chi connectivity index (χ0n) is 15.3. The van der Waals surface area contributed by atoms with Crippen molar-refractivity contribution in [2.24, 2.45) is 0 Å². The number of fused-ring (bicyclic) bond motifs is 3. The second-order valence-corrected chi connectivity index (χ2v) is 9.13. The van der Waals surface area contributed by atoms with Crippen LogP contribution in [0.5, 0.6) is 0 Å². The standard InChI is InChI=1S/C19H23N3O4S/c1-13-7-8-16-14(11-13)15-12-20(2)10-9-17(15)21(16)27(25,26)19-6-4-3-5-18(19)22(23)24/h3-8,11,15,17,23-24H,9-10,12H2,1-2H3. The highest BCUT2D eigenvalue weighted by Gasteiger charge is 2.47. The first-order valence-corrected chi connectivity index (χ1v) is 10.3. The number of para-hydroxylation sites is 1. The highest BCUT2D eigenvalue weighted by atomic mass is 32.2. The maximum Gasteiger partial charge on any atom is 0.266 e. The Morgan fingerprint density at radius 1 is 1.15 bits per heavy atom. The number of anilines is 2. The van der Waals surface area contributed by atoms with Gasteiger partial charge in [-0.15, -0.1) is 5.23 Å². The summed E-state index contributed by atoms with van der Waals surface area (Å²) in [4.78, 5) is 2.10. The van der Waals surface area contributed by atoms with Crippen molar-refractivity contribution >= 4 is 21.4 Å². The summed E-state index contributed by atoms with van der Waals surface area (Å²) in [7, 11) is -1.93. The molecule has 2 aliphatic rings. The Kier molecular flexibility index (Phi) is 4.38. The van der Waals surface area contributed by atoms with Gasteiger partial charge in [0.25, 0.3) is 10.0 Å². The van der Waals surface area contributed by atoms with Crippen LogP contribution in [0.4, 0.5) is 11.4 Å². The number of likely N-dealkylation sites (tertiary alicyclic amines) is 1. The summed E-state index contributed by atoms with van der Waals surface area (Å²) in [5.41, 5.74) is 2.65. The summed E-state index contributed by atoms with van der Waals surface area (Å²) in [6, 6.07) is 11.6. The molecule has 2 aliphatic heterocycles. The first-order chi connectivity index (χ1) is 12.8. The minimum atomic E-state index is -3.98. The van der Waals surface area contributed by atoms with Gasteiger partial charge in [0.05, 0.1) is 11.7 Å². The van der Waals surface area contributed by atoms with Gasteiger partial charge < -0.3 is 4.90 Å². The molecule has 7 nitrogen and oxygen atoms in total. The Labute approximate surface area is 159 Å². The van der Waals surface area contributed by atoms with Gasteiger partial charge in [-0.3, -0.25) is 14.7 Å². The number of hydrogen-bond donors (Lipinski definition) is 2. The molecule has 8 heteroatoms. The van der Waals surface area contributed by atoms with E-state index in [0.29, 0.717) is 5.69 Å². The van der Waals surface area contributed by atoms with Crippen molar-refractivity contribution in [1.82, 2.24) is 4.90 Å². The van der Waals surface area contributed by atoms with Crippen molar-refractivity contribution in [3.8, 4) is 0 Å². The summed E-state index contributed by atoms with van der Waals surface area (Å²) in [5.74, 6) is 0.0972. The molecule has 2 aromatic carbocycles. The lowest BCUT2D eigenvalue weighted by molar-refractivity contribution is 0.0276. The van der Waals surface area contributed by atoms with Crippen LogP contribution < -0.4 is 9.53 Å². The SMILES string of the molecule is Cc1ccc2c(c1)C1CN(C)CCC1N2S(=O)(=O)c1ccccc1N(O)O. The fraction of sp³-hybridized carbons (Fsp3) is 0.368. The molecule has 144 valence electrons. The van der Waals surface area contributed by atoms with Gasteiger partial charge in [0.1, 0.15) is 10.6 Å². The average Bonchev–Trinajstić information content (AvgIpc) is 2.95. The largest absolute Gasteiger partial charge is 0.306 e. The van der Waals surface area contributed by atoms with Crippen molar-refractivity contribution in [3.63, 3.8) is 0 Å². The van der Waals surface area contributed by atoms with Crippen molar-refractivity contribution in [1.29, 1.82) is 0 Å². The molecule has 2 unspecified atom stereocenters. The zero-order chi connectivity index (χ0) is 19.3. The van der Waals surface area contributed by atoms with Gasteiger partial charge in [-0.25, -0.2) is 8.42 Å². The van der Waals surface area contributed by atoms with E-state index in [1.54, 1.807) is 12.1 Å². The fourth-order valence-corrected chi connectivity index (χ4v) is 6.20. The second kappa shape index (κ2) is 6.49. The molecule has 27 heavy (non-hydrogen) atoms. The van der Waals surface area contributed by atoms with Gasteiger partial charge in [-0.2, -0.15) is 0 Å². The Morgan fingerprint density at radius 3 is 2.63 bits per heavy atom. The van der Waals surface area contributed by atoms with Gasteiger partial charge in [-0.1, -0.05) is 29.8 Å². The van der Waals surface area contributed by atoms with E-state index in [1.165, 1.54) is 16.4 Å². The first kappa shape index (κ1) is 18.2. The van der Waals surface area contributed by atoms with Crippen LogP contribution in [0, 0.1) is 6.92 Å². The van der Waals surface area contributed by atoms with Crippen LogP contribution in [0.25, 0.3) is 0 Å². The number of hydrogen-bond acceptors (Lipinski definition) is 6. The second-order valence-electron chi connectivity index (χ2n) is 7.35. The van der Waals surface area contributed by atoms with E-state index in [2.05, 4.69) is 11.0 Å². The van der Waals surface area contributed by atoms with Crippen molar-refractivity contribution in [2.75, 3.05) is 29.7 Å². The van der Waals surface area contributed by atoms with Crippen molar-refractivity contribution in [3.05, 3.63) is 53.6 Å². The average molecular weight is 389 g/mol. The minimum absolute atomic E-state index is 0.0972. The fourth-order valence-electron chi connectivity index (χ4n) is 4.29. The lowest BCUT2D eigenvalue weighted by atomic mass is 9.89. The molecule has 0 aliphatic carbocycles. The predicted molar refractivity (Wildman–Crippen MR) is 102 cm³/mol. The van der Waals surface area contributed by atoms with Crippen LogP contribution in [-0.4, -0.2) is 49.9 Å². The molecule has 2 aromatic rings. The lowest BCUT2D eigenvalue weighted by Crippen LogP contribution is -2.47. The van der Waals surface area contributed by atoms with Crippen LogP contribution >= 0.6 is 0 Å². The Bertz CT molecular complexity index is 977. The first-order valence-electron chi connectivity index (χ1n) is 8.91. The van der Waals surface area contributed by atoms with Crippen molar-refractivity contribution < 1.29 is 18.8 Å². The molecule has 4 rings (SSSR count). The molecule has 2 heterocycles. The Balaban J connectivity index is 1.88. The third kappa shape index (κ3) is 2.89. The molecule has 0 amide bonds. The molecule has 1 fully saturated rings. The van der Waals surface area contributed by atoms with Crippen LogP contribution in [0.3, 0.4) is 0 Å². The van der Waals surface area contributed by atoms with E-state index in [9.17, 15) is 18.8 Å². The summed E-state index contributed by atoms with van der Waals surface area (Å²) in [6.45, 7) is 3.61. The van der Waals surface area contributed by atoms with Gasteiger partial charge >= 0.3 is 0 Å². The molecule has 2 atom stereocenters. The smallest absolute Gasteiger partial charge is 0.266 e. The number of piperidine rings is 1. The quantitative estimate of drug-likeness (QED) is 0.785. The van der Waals surface area contributed by atoms with Crippen LogP contribution in [-0.2, 0) is 10.0 Å². The van der Waals surface area contributed by atoms with E-state index in [1.807, 2.05) is 26.1 Å². The highest BCUT2D eigenvalue weighted by Crippen LogP contribution is 2.48. The number of benzene rings is 2. The van der Waals surface area contributed by atoms with Crippen molar-refractivity contribution in [2.45, 2.75) is 30.2 Å². The molecule has 0 radical (unpaired) electrons. The minimum Gasteiger partial charge on any atom is -0.306 e. The van der Waals surface area contributed by atoms with Gasteiger partial charge in [0, 0.05) is 12.5 Å².